The van der Waals surface area contributed by atoms with E-state index in [0.717, 1.165) is 38.8 Å². The largest absolute Gasteiger partial charge is 0.453 e. The van der Waals surface area contributed by atoms with Gasteiger partial charge in [-0.05, 0) is 90.3 Å². The van der Waals surface area contributed by atoms with Crippen LogP contribution in [0.2, 0.25) is 0 Å². The third-order valence-electron chi connectivity index (χ3n) is 8.18. The van der Waals surface area contributed by atoms with Gasteiger partial charge < -0.3 is 38.7 Å². The van der Waals surface area contributed by atoms with Gasteiger partial charge in [0, 0.05) is 37.5 Å². The summed E-state index contributed by atoms with van der Waals surface area (Å²) in [6.45, 7) is 2.66. The zero-order valence-corrected chi connectivity index (χ0v) is 26.9. The first-order chi connectivity index (χ1) is 22.6. The number of carbonyl (C=O) groups excluding carboxylic acids is 1. The number of pyridine rings is 1. The second-order valence-electron chi connectivity index (χ2n) is 12.3. The zero-order valence-electron chi connectivity index (χ0n) is 26.9. The van der Waals surface area contributed by atoms with Crippen molar-refractivity contribution in [1.82, 2.24) is 24.5 Å². The molecule has 0 aliphatic rings. The van der Waals surface area contributed by atoms with Crippen LogP contribution in [0.1, 0.15) is 36.0 Å². The van der Waals surface area contributed by atoms with E-state index in [4.69, 9.17) is 8.83 Å². The average Bonchev–Trinajstić information content (AvgIpc) is 3.04. The Morgan fingerprint density at radius 1 is 0.915 bits per heavy atom. The molecule has 0 saturated heterocycles. The summed E-state index contributed by atoms with van der Waals surface area (Å²) >= 11 is 0. The van der Waals surface area contributed by atoms with E-state index in [2.05, 4.69) is 30.6 Å². The number of benzene rings is 3. The molecule has 3 aromatic heterocycles. The first-order valence-electron chi connectivity index (χ1n) is 15.7. The number of anilines is 1. The van der Waals surface area contributed by atoms with E-state index in [-0.39, 0.29) is 27.9 Å². The number of halogens is 1. The highest BCUT2D eigenvalue weighted by molar-refractivity contribution is 6.06. The highest BCUT2D eigenvalue weighted by atomic mass is 19.1. The van der Waals surface area contributed by atoms with Crippen LogP contribution in [0.5, 0.6) is 0 Å². The number of amides is 1. The minimum Gasteiger partial charge on any atom is -0.453 e. The summed E-state index contributed by atoms with van der Waals surface area (Å²) < 4.78 is 30.1. The highest BCUT2D eigenvalue weighted by Gasteiger charge is 2.23. The van der Waals surface area contributed by atoms with Gasteiger partial charge in [-0.3, -0.25) is 9.59 Å². The number of unbranched alkanes of at least 4 members (excludes halogenated alkanes) is 2. The van der Waals surface area contributed by atoms with Crippen molar-refractivity contribution in [2.24, 2.45) is 5.18 Å². The first kappa shape index (κ1) is 32.0. The van der Waals surface area contributed by atoms with Crippen LogP contribution in [-0.4, -0.2) is 79.5 Å². The lowest BCUT2D eigenvalue weighted by atomic mass is 10.1. The van der Waals surface area contributed by atoms with Crippen molar-refractivity contribution < 1.29 is 18.0 Å². The number of aromatic amines is 1. The smallest absolute Gasteiger partial charge is 0.256 e. The van der Waals surface area contributed by atoms with Crippen molar-refractivity contribution in [3.8, 4) is 0 Å². The summed E-state index contributed by atoms with van der Waals surface area (Å²) in [4.78, 5) is 45.7. The highest BCUT2D eigenvalue weighted by Crippen LogP contribution is 2.35. The van der Waals surface area contributed by atoms with Gasteiger partial charge in [0.25, 0.3) is 5.91 Å². The number of hydrogen-bond donors (Lipinski definition) is 3. The normalized spacial score (nSPS) is 12.0. The predicted octanol–water partition coefficient (Wildman–Crippen LogP) is 6.35. The fourth-order valence-corrected chi connectivity index (χ4v) is 5.79. The molecule has 6 aromatic rings. The second kappa shape index (κ2) is 13.4. The Hall–Kier alpha value is -5.01. The van der Waals surface area contributed by atoms with Gasteiger partial charge in [-0.15, -0.1) is 4.91 Å². The lowest BCUT2D eigenvalue weighted by Crippen LogP contribution is -2.30. The number of hydrogen-bond acceptors (Lipinski definition) is 9. The van der Waals surface area contributed by atoms with Crippen LogP contribution >= 0.6 is 0 Å². The fourth-order valence-electron chi connectivity index (χ4n) is 5.79. The Balaban J connectivity index is 1.52. The maximum absolute atomic E-state index is 15.8. The van der Waals surface area contributed by atoms with E-state index >= 15 is 4.39 Å². The Morgan fingerprint density at radius 3 is 2.36 bits per heavy atom. The number of fused-ring (bicyclic) bond motifs is 4. The lowest BCUT2D eigenvalue weighted by molar-refractivity contribution is 0.0951. The predicted molar refractivity (Wildman–Crippen MR) is 183 cm³/mol. The molecule has 0 radical (unpaired) electrons. The molecule has 0 fully saturated rings. The molecule has 13 heteroatoms. The minimum absolute atomic E-state index is 0.0189. The fraction of sp³-hybridized carbons (Fsp3) is 0.353. The number of nitrogens with zero attached hydrogens (tertiary/aromatic N) is 4. The molecule has 47 heavy (non-hydrogen) atoms. The van der Waals surface area contributed by atoms with Gasteiger partial charge in [0.2, 0.25) is 5.43 Å². The Bertz CT molecular complexity index is 2210. The lowest BCUT2D eigenvalue weighted by Gasteiger charge is -2.17. The number of aromatic nitrogens is 2. The molecule has 3 heterocycles. The molecule has 3 aromatic carbocycles. The molecule has 0 aliphatic carbocycles. The molecule has 0 unspecified atom stereocenters. The SMILES string of the molecule is CN(C)CCCCNC(=O)c1cn2c3cc4oc5cc(N=O)ccc5[nH]c4cc3oc3c(NCCCCN(C)C)c(F)cc(c1=O)c32. The van der Waals surface area contributed by atoms with Crippen LogP contribution in [0.15, 0.2) is 61.4 Å². The Labute approximate surface area is 269 Å². The van der Waals surface area contributed by atoms with Crippen LogP contribution in [0.4, 0.5) is 15.8 Å². The van der Waals surface area contributed by atoms with E-state index in [1.54, 1.807) is 28.7 Å². The molecule has 6 rings (SSSR count). The maximum Gasteiger partial charge on any atom is 0.256 e. The van der Waals surface area contributed by atoms with Crippen LogP contribution in [-0.2, 0) is 0 Å². The molecule has 0 aliphatic heterocycles. The van der Waals surface area contributed by atoms with E-state index < -0.39 is 17.2 Å². The van der Waals surface area contributed by atoms with Crippen molar-refractivity contribution >= 4 is 67.1 Å². The first-order valence-corrected chi connectivity index (χ1v) is 15.7. The van der Waals surface area contributed by atoms with E-state index in [9.17, 15) is 14.5 Å². The van der Waals surface area contributed by atoms with Crippen molar-refractivity contribution in [3.05, 3.63) is 69.1 Å². The van der Waals surface area contributed by atoms with Gasteiger partial charge in [0.15, 0.2) is 28.1 Å². The summed E-state index contributed by atoms with van der Waals surface area (Å²) in [5, 5.41) is 9.05. The van der Waals surface area contributed by atoms with Gasteiger partial charge in [0.05, 0.1) is 21.9 Å². The molecule has 1 amide bonds. The topological polar surface area (TPSA) is 141 Å². The molecule has 12 nitrogen and oxygen atoms in total. The minimum atomic E-state index is -0.651. The third kappa shape index (κ3) is 6.49. The number of nitroso groups, excluding NO2 is 1. The van der Waals surface area contributed by atoms with Gasteiger partial charge in [-0.1, -0.05) is 0 Å². The second-order valence-corrected chi connectivity index (χ2v) is 12.3. The van der Waals surface area contributed by atoms with Crippen LogP contribution < -0.4 is 16.1 Å². The van der Waals surface area contributed by atoms with Crippen LogP contribution in [0.3, 0.4) is 0 Å². The molecule has 0 bridgehead atoms. The maximum atomic E-state index is 15.8. The zero-order chi connectivity index (χ0) is 33.2. The van der Waals surface area contributed by atoms with Crippen molar-refractivity contribution in [1.29, 1.82) is 0 Å². The van der Waals surface area contributed by atoms with Crippen LogP contribution in [0, 0.1) is 10.7 Å². The van der Waals surface area contributed by atoms with Gasteiger partial charge in [-0.2, -0.15) is 0 Å². The summed E-state index contributed by atoms with van der Waals surface area (Å²) in [6.07, 6.45) is 4.81. The summed E-state index contributed by atoms with van der Waals surface area (Å²) in [5.41, 5.74) is 3.03. The monoisotopic (exact) mass is 643 g/mol. The molecule has 0 saturated carbocycles. The number of nitrogens with one attached hydrogen (secondary N) is 3. The van der Waals surface area contributed by atoms with Gasteiger partial charge in [-0.25, -0.2) is 4.39 Å². The quantitative estimate of drug-likeness (QED) is 0.0572. The number of rotatable bonds is 13. The Morgan fingerprint density at radius 2 is 1.64 bits per heavy atom. The van der Waals surface area contributed by atoms with Crippen LogP contribution in [0.25, 0.3) is 49.8 Å². The molecule has 246 valence electrons. The molecular formula is C34H38FN7O5. The number of carbonyl (C=O) groups is 1. The average molecular weight is 644 g/mol. The Kier molecular flexibility index (Phi) is 9.10. The standard InChI is InChI=1S/C34H38FN7O5/c1-40(2)13-7-5-11-36-30-23(35)16-21-31-33(30)47-29-17-25-28(46-27-15-20(39-45)9-10-24(27)38-25)18-26(29)42(31)19-22(32(21)43)34(44)37-12-6-8-14-41(3)4/h9-10,15-19,36,38H,5-8,11-14H2,1-4H3,(H,37,44). The molecular weight excluding hydrogens is 605 g/mol. The van der Waals surface area contributed by atoms with E-state index in [0.29, 0.717) is 51.9 Å². The van der Waals surface area contributed by atoms with Crippen molar-refractivity contribution in [3.63, 3.8) is 0 Å². The van der Waals surface area contributed by atoms with E-state index in [1.807, 2.05) is 28.2 Å². The molecule has 0 spiro atoms. The summed E-state index contributed by atoms with van der Waals surface area (Å²) in [7, 11) is 7.97. The molecule has 0 atom stereocenters. The molecule has 3 N–H and O–H groups in total. The van der Waals surface area contributed by atoms with Gasteiger partial charge in [0.1, 0.15) is 22.5 Å². The van der Waals surface area contributed by atoms with E-state index in [1.165, 1.54) is 18.3 Å². The van der Waals surface area contributed by atoms with Crippen molar-refractivity contribution in [2.45, 2.75) is 25.7 Å². The number of H-pyrrole nitrogens is 1. The third-order valence-corrected chi connectivity index (χ3v) is 8.18. The summed E-state index contributed by atoms with van der Waals surface area (Å²) in [5.74, 6) is -1.19. The summed E-state index contributed by atoms with van der Waals surface area (Å²) in [6, 6.07) is 9.40. The van der Waals surface area contributed by atoms with Gasteiger partial charge >= 0.3 is 0 Å². The van der Waals surface area contributed by atoms with Crippen molar-refractivity contribution in [2.75, 3.05) is 59.7 Å².